The second-order valence-corrected chi connectivity index (χ2v) is 5.61. The van der Waals surface area contributed by atoms with E-state index in [-0.39, 0.29) is 6.61 Å². The highest BCUT2D eigenvalue weighted by Crippen LogP contribution is 2.21. The van der Waals surface area contributed by atoms with E-state index >= 15 is 0 Å². The molecule has 2 aromatic rings. The lowest BCUT2D eigenvalue weighted by molar-refractivity contribution is 0.251. The highest BCUT2D eigenvalue weighted by molar-refractivity contribution is 7.18. The summed E-state index contributed by atoms with van der Waals surface area (Å²) >= 11 is 1.75. The van der Waals surface area contributed by atoms with E-state index in [1.165, 1.54) is 4.70 Å². The first-order chi connectivity index (χ1) is 8.83. The minimum Gasteiger partial charge on any atom is -0.396 e. The van der Waals surface area contributed by atoms with Gasteiger partial charge in [0.15, 0.2) is 0 Å². The molecule has 0 spiro atoms. The predicted molar refractivity (Wildman–Crippen MR) is 76.8 cm³/mol. The average Bonchev–Trinajstić information content (AvgIpc) is 2.80. The lowest BCUT2D eigenvalue weighted by Crippen LogP contribution is -2.22. The fourth-order valence-corrected chi connectivity index (χ4v) is 2.95. The van der Waals surface area contributed by atoms with Crippen LogP contribution in [-0.2, 0) is 6.54 Å². The number of aliphatic hydroxyl groups is 1. The van der Waals surface area contributed by atoms with Gasteiger partial charge in [-0.1, -0.05) is 25.5 Å². The van der Waals surface area contributed by atoms with Gasteiger partial charge in [0.25, 0.3) is 0 Å². The van der Waals surface area contributed by atoms with Crippen LogP contribution in [0.3, 0.4) is 0 Å². The molecule has 1 atom stereocenters. The Morgan fingerprint density at radius 2 is 2.22 bits per heavy atom. The van der Waals surface area contributed by atoms with Crippen LogP contribution in [0.15, 0.2) is 24.3 Å². The van der Waals surface area contributed by atoms with Gasteiger partial charge >= 0.3 is 0 Å². The number of benzene rings is 1. The minimum absolute atomic E-state index is 0.279. The van der Waals surface area contributed by atoms with Crippen LogP contribution >= 0.6 is 11.3 Å². The van der Waals surface area contributed by atoms with E-state index in [2.05, 4.69) is 29.4 Å². The molecule has 0 aliphatic rings. The highest BCUT2D eigenvalue weighted by atomic mass is 32.1. The van der Waals surface area contributed by atoms with Gasteiger partial charge in [-0.2, -0.15) is 0 Å². The number of aromatic nitrogens is 1. The summed E-state index contributed by atoms with van der Waals surface area (Å²) in [5.74, 6) is 0.560. The molecule has 0 radical (unpaired) electrons. The second kappa shape index (κ2) is 6.83. The molecule has 1 unspecified atom stereocenters. The zero-order chi connectivity index (χ0) is 12.8. The number of aliphatic hydroxyl groups excluding tert-OH is 1. The Hall–Kier alpha value is -0.970. The van der Waals surface area contributed by atoms with Crippen molar-refractivity contribution in [2.75, 3.05) is 13.2 Å². The third-order valence-electron chi connectivity index (χ3n) is 3.16. The minimum atomic E-state index is 0.279. The van der Waals surface area contributed by atoms with Crippen molar-refractivity contribution in [2.45, 2.75) is 26.3 Å². The molecule has 2 rings (SSSR count). The van der Waals surface area contributed by atoms with Crippen LogP contribution in [-0.4, -0.2) is 23.2 Å². The fourth-order valence-electron chi connectivity index (χ4n) is 2.01. The number of nitrogens with one attached hydrogen (secondary N) is 1. The molecule has 1 aromatic heterocycles. The van der Waals surface area contributed by atoms with Crippen LogP contribution in [0.5, 0.6) is 0 Å². The maximum absolute atomic E-state index is 8.94. The number of hydrogen-bond acceptors (Lipinski definition) is 4. The molecule has 1 aromatic carbocycles. The Morgan fingerprint density at radius 3 is 2.94 bits per heavy atom. The lowest BCUT2D eigenvalue weighted by Gasteiger charge is -2.13. The molecule has 1 heterocycles. The topological polar surface area (TPSA) is 45.1 Å². The summed E-state index contributed by atoms with van der Waals surface area (Å²) < 4.78 is 1.25. The van der Waals surface area contributed by atoms with E-state index in [0.29, 0.717) is 5.92 Å². The Kier molecular flexibility index (Phi) is 5.11. The molecule has 0 saturated heterocycles. The first kappa shape index (κ1) is 13.5. The molecule has 3 nitrogen and oxygen atoms in total. The van der Waals surface area contributed by atoms with Crippen molar-refractivity contribution in [1.82, 2.24) is 10.3 Å². The van der Waals surface area contributed by atoms with Gasteiger partial charge < -0.3 is 10.4 Å². The van der Waals surface area contributed by atoms with Crippen molar-refractivity contribution in [3.8, 4) is 0 Å². The van der Waals surface area contributed by atoms with Gasteiger partial charge in [-0.15, -0.1) is 11.3 Å². The molecule has 0 saturated carbocycles. The SMILES string of the molecule is CCC(CCO)CNCc1nc2ccccc2s1. The van der Waals surface area contributed by atoms with E-state index in [1.807, 2.05) is 12.1 Å². The third-order valence-corrected chi connectivity index (χ3v) is 4.20. The van der Waals surface area contributed by atoms with Gasteiger partial charge in [-0.05, 0) is 31.0 Å². The van der Waals surface area contributed by atoms with Crippen molar-refractivity contribution in [1.29, 1.82) is 0 Å². The third kappa shape index (κ3) is 3.51. The van der Waals surface area contributed by atoms with Crippen molar-refractivity contribution >= 4 is 21.6 Å². The Labute approximate surface area is 112 Å². The van der Waals surface area contributed by atoms with Crippen LogP contribution in [0.4, 0.5) is 0 Å². The lowest BCUT2D eigenvalue weighted by atomic mass is 10.0. The number of rotatable bonds is 7. The summed E-state index contributed by atoms with van der Waals surface area (Å²) in [5, 5.41) is 13.5. The highest BCUT2D eigenvalue weighted by Gasteiger charge is 2.06. The van der Waals surface area contributed by atoms with E-state index in [1.54, 1.807) is 11.3 Å². The molecule has 0 aliphatic carbocycles. The first-order valence-corrected chi connectivity index (χ1v) is 7.31. The summed E-state index contributed by atoms with van der Waals surface area (Å²) in [4.78, 5) is 4.59. The molecule has 0 fully saturated rings. The summed E-state index contributed by atoms with van der Waals surface area (Å²) in [7, 11) is 0. The second-order valence-electron chi connectivity index (χ2n) is 4.49. The maximum Gasteiger partial charge on any atom is 0.108 e. The van der Waals surface area contributed by atoms with Crippen molar-refractivity contribution < 1.29 is 5.11 Å². The van der Waals surface area contributed by atoms with Crippen molar-refractivity contribution in [3.05, 3.63) is 29.3 Å². The summed E-state index contributed by atoms with van der Waals surface area (Å²) in [6, 6.07) is 8.23. The number of thiazole rings is 1. The van der Waals surface area contributed by atoms with Crippen molar-refractivity contribution in [2.24, 2.45) is 5.92 Å². The largest absolute Gasteiger partial charge is 0.396 e. The van der Waals surface area contributed by atoms with Gasteiger partial charge in [-0.3, -0.25) is 0 Å². The van der Waals surface area contributed by atoms with E-state index in [0.717, 1.165) is 36.5 Å². The zero-order valence-corrected chi connectivity index (χ0v) is 11.5. The maximum atomic E-state index is 8.94. The molecule has 18 heavy (non-hydrogen) atoms. The van der Waals surface area contributed by atoms with E-state index in [4.69, 9.17) is 5.11 Å². The zero-order valence-electron chi connectivity index (χ0n) is 10.7. The van der Waals surface area contributed by atoms with E-state index < -0.39 is 0 Å². The molecular weight excluding hydrogens is 244 g/mol. The van der Waals surface area contributed by atoms with Crippen LogP contribution in [0.25, 0.3) is 10.2 Å². The van der Waals surface area contributed by atoms with Crippen LogP contribution in [0.1, 0.15) is 24.8 Å². The normalized spacial score (nSPS) is 13.0. The number of para-hydroxylation sites is 1. The van der Waals surface area contributed by atoms with Crippen LogP contribution in [0, 0.1) is 5.92 Å². The number of hydrogen-bond donors (Lipinski definition) is 2. The Bertz CT molecular complexity index is 450. The standard InChI is InChI=1S/C14H20N2OS/c1-2-11(7-8-17)9-15-10-14-16-12-5-3-4-6-13(12)18-14/h3-6,11,15,17H,2,7-10H2,1H3. The molecule has 0 amide bonds. The van der Waals surface area contributed by atoms with Gasteiger partial charge in [0.1, 0.15) is 5.01 Å². The first-order valence-electron chi connectivity index (χ1n) is 6.49. The van der Waals surface area contributed by atoms with Crippen molar-refractivity contribution in [3.63, 3.8) is 0 Å². The molecule has 0 aliphatic heterocycles. The average molecular weight is 264 g/mol. The van der Waals surface area contributed by atoms with Gasteiger partial charge in [-0.25, -0.2) is 4.98 Å². The smallest absolute Gasteiger partial charge is 0.108 e. The Balaban J connectivity index is 1.86. The molecule has 0 bridgehead atoms. The molecule has 2 N–H and O–H groups in total. The molecular formula is C14H20N2OS. The quantitative estimate of drug-likeness (QED) is 0.808. The monoisotopic (exact) mass is 264 g/mol. The van der Waals surface area contributed by atoms with Crippen LogP contribution < -0.4 is 5.32 Å². The number of nitrogens with zero attached hydrogens (tertiary/aromatic N) is 1. The summed E-state index contributed by atoms with van der Waals surface area (Å²) in [6.07, 6.45) is 1.98. The van der Waals surface area contributed by atoms with Gasteiger partial charge in [0.05, 0.1) is 10.2 Å². The van der Waals surface area contributed by atoms with Gasteiger partial charge in [0, 0.05) is 13.2 Å². The molecule has 98 valence electrons. The Morgan fingerprint density at radius 1 is 1.39 bits per heavy atom. The predicted octanol–water partition coefficient (Wildman–Crippen LogP) is 2.79. The van der Waals surface area contributed by atoms with Crippen LogP contribution in [0.2, 0.25) is 0 Å². The summed E-state index contributed by atoms with van der Waals surface area (Å²) in [6.45, 7) is 4.22. The van der Waals surface area contributed by atoms with E-state index in [9.17, 15) is 0 Å². The fraction of sp³-hybridized carbons (Fsp3) is 0.500. The summed E-state index contributed by atoms with van der Waals surface area (Å²) in [5.41, 5.74) is 1.08. The molecule has 4 heteroatoms. The van der Waals surface area contributed by atoms with Gasteiger partial charge in [0.2, 0.25) is 0 Å². The number of fused-ring (bicyclic) bond motifs is 1.